The highest BCUT2D eigenvalue weighted by molar-refractivity contribution is 5.52. The Hall–Kier alpha value is -3.53. The van der Waals surface area contributed by atoms with Gasteiger partial charge in [-0.15, -0.1) is 0 Å². The minimum atomic E-state index is -0.730. The van der Waals surface area contributed by atoms with Crippen LogP contribution in [-0.4, -0.2) is 11.5 Å². The van der Waals surface area contributed by atoms with Crippen LogP contribution in [0.15, 0.2) is 60.0 Å². The summed E-state index contributed by atoms with van der Waals surface area (Å²) in [6.45, 7) is -0.0447. The van der Waals surface area contributed by atoms with Gasteiger partial charge < -0.3 is 15.2 Å². The van der Waals surface area contributed by atoms with Crippen LogP contribution in [0.1, 0.15) is 17.0 Å². The maximum Gasteiger partial charge on any atom is 0.215 e. The number of nitrogens with two attached hydrogens (primary N) is 1. The van der Waals surface area contributed by atoms with Gasteiger partial charge in [0.25, 0.3) is 0 Å². The van der Waals surface area contributed by atoms with Gasteiger partial charge in [-0.05, 0) is 11.6 Å². The minimum absolute atomic E-state index is 0.0714. The average molecular weight is 337 g/mol. The van der Waals surface area contributed by atoms with Crippen LogP contribution < -0.4 is 15.2 Å². The standard InChI is InChI=1S/C18H15N3O4/c19-9-15-16(10-21(22)23)14-7-6-13(8-17(14)25-18(15)20)24-11-12-4-2-1-3-5-12/h1-8,16H,10-11,20H2/t16-/m0/s1. The first-order valence-electron chi connectivity index (χ1n) is 7.58. The van der Waals surface area contributed by atoms with E-state index < -0.39 is 17.4 Å². The molecule has 0 aromatic heterocycles. The summed E-state index contributed by atoms with van der Waals surface area (Å²) in [4.78, 5) is 10.5. The molecule has 3 rings (SSSR count). The topological polar surface area (TPSA) is 111 Å². The molecule has 0 bridgehead atoms. The van der Waals surface area contributed by atoms with Gasteiger partial charge in [-0.2, -0.15) is 5.26 Å². The summed E-state index contributed by atoms with van der Waals surface area (Å²) in [5.41, 5.74) is 7.39. The van der Waals surface area contributed by atoms with Crippen molar-refractivity contribution in [3.05, 3.63) is 81.2 Å². The number of ether oxygens (including phenoxy) is 2. The van der Waals surface area contributed by atoms with Gasteiger partial charge in [0.1, 0.15) is 29.7 Å². The van der Waals surface area contributed by atoms with E-state index in [1.54, 1.807) is 18.2 Å². The summed E-state index contributed by atoms with van der Waals surface area (Å²) in [7, 11) is 0. The van der Waals surface area contributed by atoms with Gasteiger partial charge >= 0.3 is 0 Å². The van der Waals surface area contributed by atoms with E-state index in [9.17, 15) is 15.4 Å². The highest BCUT2D eigenvalue weighted by Gasteiger charge is 2.33. The Kier molecular flexibility index (Phi) is 4.53. The van der Waals surface area contributed by atoms with E-state index in [1.807, 2.05) is 36.4 Å². The molecule has 0 aliphatic carbocycles. The molecular weight excluding hydrogens is 322 g/mol. The van der Waals surface area contributed by atoms with Crippen molar-refractivity contribution in [1.29, 1.82) is 5.26 Å². The molecule has 7 nitrogen and oxygen atoms in total. The Morgan fingerprint density at radius 2 is 2.04 bits per heavy atom. The van der Waals surface area contributed by atoms with Gasteiger partial charge in [-0.25, -0.2) is 0 Å². The lowest BCUT2D eigenvalue weighted by atomic mass is 9.89. The molecule has 25 heavy (non-hydrogen) atoms. The molecule has 1 heterocycles. The maximum atomic E-state index is 10.9. The highest BCUT2D eigenvalue weighted by Crippen LogP contribution is 2.39. The number of hydrogen-bond acceptors (Lipinski definition) is 6. The molecule has 1 aliphatic rings. The van der Waals surface area contributed by atoms with E-state index >= 15 is 0 Å². The molecule has 2 aromatic carbocycles. The second-order valence-corrected chi connectivity index (χ2v) is 5.53. The zero-order valence-electron chi connectivity index (χ0n) is 13.2. The number of rotatable bonds is 5. The quantitative estimate of drug-likeness (QED) is 0.663. The zero-order chi connectivity index (χ0) is 17.8. The van der Waals surface area contributed by atoms with E-state index in [4.69, 9.17) is 15.2 Å². The summed E-state index contributed by atoms with van der Waals surface area (Å²) >= 11 is 0. The van der Waals surface area contributed by atoms with E-state index in [0.717, 1.165) is 5.56 Å². The predicted octanol–water partition coefficient (Wildman–Crippen LogP) is 2.71. The third-order valence-electron chi connectivity index (χ3n) is 3.89. The summed E-state index contributed by atoms with van der Waals surface area (Å²) < 4.78 is 11.2. The zero-order valence-corrected chi connectivity index (χ0v) is 13.2. The Bertz CT molecular complexity index is 872. The van der Waals surface area contributed by atoms with Crippen LogP contribution in [0, 0.1) is 21.4 Å². The van der Waals surface area contributed by atoms with Crippen LogP contribution in [0.4, 0.5) is 0 Å². The monoisotopic (exact) mass is 337 g/mol. The molecule has 0 saturated heterocycles. The molecule has 0 radical (unpaired) electrons. The number of hydrogen-bond donors (Lipinski definition) is 1. The lowest BCUT2D eigenvalue weighted by Crippen LogP contribution is -2.24. The summed E-state index contributed by atoms with van der Waals surface area (Å²) in [6.07, 6.45) is 0. The maximum absolute atomic E-state index is 10.9. The molecule has 0 fully saturated rings. The normalized spacial score (nSPS) is 15.7. The third-order valence-corrected chi connectivity index (χ3v) is 3.89. The van der Waals surface area contributed by atoms with Crippen LogP contribution in [0.2, 0.25) is 0 Å². The van der Waals surface area contributed by atoms with Crippen LogP contribution in [-0.2, 0) is 6.61 Å². The van der Waals surface area contributed by atoms with Gasteiger partial charge in [0, 0.05) is 16.6 Å². The van der Waals surface area contributed by atoms with Crippen molar-refractivity contribution >= 4 is 0 Å². The molecule has 0 spiro atoms. The first-order chi connectivity index (χ1) is 12.1. The van der Waals surface area contributed by atoms with Gasteiger partial charge in [0.15, 0.2) is 0 Å². The molecule has 1 aliphatic heterocycles. The third kappa shape index (κ3) is 3.53. The summed E-state index contributed by atoms with van der Waals surface area (Å²) in [5.74, 6) is 0.0820. The molecule has 0 unspecified atom stereocenters. The average Bonchev–Trinajstić information content (AvgIpc) is 2.60. The first-order valence-corrected chi connectivity index (χ1v) is 7.58. The van der Waals surface area contributed by atoms with E-state index in [2.05, 4.69) is 0 Å². The number of nitro groups is 1. The molecule has 0 saturated carbocycles. The molecule has 126 valence electrons. The molecule has 0 amide bonds. The smallest absolute Gasteiger partial charge is 0.215 e. The molecular formula is C18H15N3O4. The Balaban J connectivity index is 1.85. The second kappa shape index (κ2) is 6.93. The van der Waals surface area contributed by atoms with Gasteiger partial charge in [0.2, 0.25) is 12.4 Å². The Labute approximate surface area is 144 Å². The summed E-state index contributed by atoms with van der Waals surface area (Å²) in [5, 5.41) is 20.2. The van der Waals surface area contributed by atoms with Crippen molar-refractivity contribution in [3.63, 3.8) is 0 Å². The number of nitrogens with zero attached hydrogens (tertiary/aromatic N) is 2. The largest absolute Gasteiger partial charge is 0.489 e. The van der Waals surface area contributed by atoms with Crippen LogP contribution in [0.3, 0.4) is 0 Å². The van der Waals surface area contributed by atoms with Crippen molar-refractivity contribution in [2.45, 2.75) is 12.5 Å². The van der Waals surface area contributed by atoms with E-state index in [-0.39, 0.29) is 11.5 Å². The Morgan fingerprint density at radius 3 is 2.72 bits per heavy atom. The molecule has 2 N–H and O–H groups in total. The lowest BCUT2D eigenvalue weighted by Gasteiger charge is -2.24. The van der Waals surface area contributed by atoms with Crippen molar-refractivity contribution in [2.75, 3.05) is 6.54 Å². The van der Waals surface area contributed by atoms with Gasteiger partial charge in [-0.1, -0.05) is 36.4 Å². The summed E-state index contributed by atoms with van der Waals surface area (Å²) in [6, 6.07) is 16.6. The number of nitriles is 1. The fourth-order valence-corrected chi connectivity index (χ4v) is 2.69. The predicted molar refractivity (Wildman–Crippen MR) is 89.3 cm³/mol. The van der Waals surface area contributed by atoms with Gasteiger partial charge in [0.05, 0.1) is 5.92 Å². The highest BCUT2D eigenvalue weighted by atomic mass is 16.6. The molecule has 1 atom stereocenters. The lowest BCUT2D eigenvalue weighted by molar-refractivity contribution is -0.482. The second-order valence-electron chi connectivity index (χ2n) is 5.53. The van der Waals surface area contributed by atoms with Crippen LogP contribution in [0.25, 0.3) is 0 Å². The molecule has 2 aromatic rings. The number of benzene rings is 2. The van der Waals surface area contributed by atoms with Crippen LogP contribution in [0.5, 0.6) is 11.5 Å². The van der Waals surface area contributed by atoms with Crippen LogP contribution >= 0.6 is 0 Å². The fraction of sp³-hybridized carbons (Fsp3) is 0.167. The van der Waals surface area contributed by atoms with Crippen molar-refractivity contribution in [3.8, 4) is 17.6 Å². The van der Waals surface area contributed by atoms with E-state index in [1.165, 1.54) is 0 Å². The molecule has 7 heteroatoms. The van der Waals surface area contributed by atoms with Crippen molar-refractivity contribution in [1.82, 2.24) is 0 Å². The Morgan fingerprint density at radius 1 is 1.28 bits per heavy atom. The SMILES string of the molecule is N#CC1=C(N)Oc2cc(OCc3ccccc3)ccc2[C@@H]1C[N+](=O)[O-]. The van der Waals surface area contributed by atoms with Gasteiger partial charge in [-0.3, -0.25) is 10.1 Å². The van der Waals surface area contributed by atoms with Crippen molar-refractivity contribution < 1.29 is 14.4 Å². The van der Waals surface area contributed by atoms with E-state index in [0.29, 0.717) is 23.7 Å². The minimum Gasteiger partial charge on any atom is -0.489 e. The fourth-order valence-electron chi connectivity index (χ4n) is 2.69. The van der Waals surface area contributed by atoms with Crippen molar-refractivity contribution in [2.24, 2.45) is 5.73 Å². The number of fused-ring (bicyclic) bond motifs is 1. The first kappa shape index (κ1) is 16.3.